The highest BCUT2D eigenvalue weighted by molar-refractivity contribution is 5.02. The number of ether oxygens (including phenoxy) is 1. The molecule has 2 aliphatic carbocycles. The molecule has 0 bridgehead atoms. The fraction of sp³-hybridized carbons (Fsp3) is 1.00. The lowest BCUT2D eigenvalue weighted by molar-refractivity contribution is -0.228. The van der Waals surface area contributed by atoms with E-state index in [1.165, 1.54) is 77.0 Å². The molecular weight excluding hydrogens is 448 g/mol. The van der Waals surface area contributed by atoms with E-state index in [1.54, 1.807) is 0 Å². The summed E-state index contributed by atoms with van der Waals surface area (Å²) in [6.45, 7) is 34.8. The second kappa shape index (κ2) is 11.8. The Morgan fingerprint density at radius 2 is 0.730 bits per heavy atom. The Balaban J connectivity index is 2.49. The molecule has 0 spiro atoms. The lowest BCUT2D eigenvalue weighted by Gasteiger charge is -2.57. The molecular formula is C36H70O. The second-order valence-corrected chi connectivity index (χ2v) is 18.5. The highest BCUT2D eigenvalue weighted by Gasteiger charge is 2.53. The Kier molecular flexibility index (Phi) is 10.6. The molecule has 0 aromatic rings. The normalized spacial score (nSPS) is 22.2. The predicted octanol–water partition coefficient (Wildman–Crippen LogP) is 11.9. The summed E-state index contributed by atoms with van der Waals surface area (Å²) in [5, 5.41) is 0. The first-order valence-corrected chi connectivity index (χ1v) is 16.3. The average molecular weight is 519 g/mol. The van der Waals surface area contributed by atoms with Crippen molar-refractivity contribution in [3.8, 4) is 0 Å². The molecule has 0 saturated heterocycles. The lowest BCUT2D eigenvalue weighted by Crippen LogP contribution is -2.56. The number of rotatable bonds is 10. The first kappa shape index (κ1) is 33.2. The van der Waals surface area contributed by atoms with Crippen LogP contribution in [0.25, 0.3) is 0 Å². The zero-order valence-electron chi connectivity index (χ0n) is 28.2. The molecule has 0 aromatic heterocycles. The smallest absolute Gasteiger partial charge is 0.0669 e. The molecule has 2 unspecified atom stereocenters. The van der Waals surface area contributed by atoms with Crippen LogP contribution in [0.1, 0.15) is 174 Å². The molecule has 37 heavy (non-hydrogen) atoms. The maximum Gasteiger partial charge on any atom is 0.0669 e. The Morgan fingerprint density at radius 1 is 0.459 bits per heavy atom. The van der Waals surface area contributed by atoms with Crippen LogP contribution < -0.4 is 0 Å². The molecule has 2 fully saturated rings. The summed E-state index contributed by atoms with van der Waals surface area (Å²) in [6, 6.07) is 0. The van der Waals surface area contributed by atoms with Crippen molar-refractivity contribution in [2.75, 3.05) is 0 Å². The van der Waals surface area contributed by atoms with Gasteiger partial charge in [0.2, 0.25) is 0 Å². The minimum atomic E-state index is -0.162. The van der Waals surface area contributed by atoms with Crippen LogP contribution in [0, 0.1) is 45.3 Å². The van der Waals surface area contributed by atoms with Gasteiger partial charge in [-0.2, -0.15) is 0 Å². The fourth-order valence-corrected chi connectivity index (χ4v) is 11.0. The summed E-state index contributed by atoms with van der Waals surface area (Å²) in [4.78, 5) is 0. The van der Waals surface area contributed by atoms with Crippen LogP contribution >= 0.6 is 0 Å². The number of hydrogen-bond acceptors (Lipinski definition) is 1. The molecule has 2 rings (SSSR count). The molecule has 2 saturated carbocycles. The van der Waals surface area contributed by atoms with Crippen molar-refractivity contribution >= 4 is 0 Å². The van der Waals surface area contributed by atoms with Crippen molar-refractivity contribution in [2.24, 2.45) is 45.3 Å². The van der Waals surface area contributed by atoms with Gasteiger partial charge in [0.1, 0.15) is 0 Å². The third-order valence-corrected chi connectivity index (χ3v) is 9.92. The Hall–Kier alpha value is -0.0400. The zero-order chi connectivity index (χ0) is 28.5. The largest absolute Gasteiger partial charge is 0.369 e. The van der Waals surface area contributed by atoms with Crippen LogP contribution in [0.4, 0.5) is 0 Å². The summed E-state index contributed by atoms with van der Waals surface area (Å²) in [5.41, 5.74) is 0.793. The van der Waals surface area contributed by atoms with Crippen molar-refractivity contribution in [2.45, 2.75) is 185 Å². The molecule has 0 N–H and O–H groups in total. The number of hydrogen-bond donors (Lipinski definition) is 0. The minimum absolute atomic E-state index is 0.162. The van der Waals surface area contributed by atoms with Gasteiger partial charge >= 0.3 is 0 Å². The standard InChI is InChI=1S/C36H70O/c1-31(2,3)25-33(7,8)29(27-21-17-15-18-22-27)35(11,12)37-36(13,14)30(28-23-19-16-20-24-28)34(9,10)26-32(4,5)6/h27-30H,15-26H2,1-14H3. The summed E-state index contributed by atoms with van der Waals surface area (Å²) >= 11 is 0. The predicted molar refractivity (Wildman–Crippen MR) is 165 cm³/mol. The van der Waals surface area contributed by atoms with E-state index in [-0.39, 0.29) is 22.0 Å². The highest BCUT2D eigenvalue weighted by atomic mass is 16.5. The van der Waals surface area contributed by atoms with E-state index in [0.29, 0.717) is 22.7 Å². The van der Waals surface area contributed by atoms with Gasteiger partial charge < -0.3 is 4.74 Å². The van der Waals surface area contributed by atoms with Crippen molar-refractivity contribution in [1.29, 1.82) is 0 Å². The van der Waals surface area contributed by atoms with Crippen molar-refractivity contribution in [3.63, 3.8) is 0 Å². The van der Waals surface area contributed by atoms with E-state index in [1.807, 2.05) is 0 Å². The third-order valence-electron chi connectivity index (χ3n) is 9.92. The third kappa shape index (κ3) is 9.53. The maximum atomic E-state index is 7.66. The molecule has 0 amide bonds. The van der Waals surface area contributed by atoms with Crippen molar-refractivity contribution in [3.05, 3.63) is 0 Å². The molecule has 0 aromatic carbocycles. The van der Waals surface area contributed by atoms with Crippen molar-refractivity contribution < 1.29 is 4.74 Å². The lowest BCUT2D eigenvalue weighted by atomic mass is 9.56. The van der Waals surface area contributed by atoms with Gasteiger partial charge in [-0.15, -0.1) is 0 Å². The van der Waals surface area contributed by atoms with E-state index in [0.717, 1.165) is 11.8 Å². The Bertz CT molecular complexity index is 623. The fourth-order valence-electron chi connectivity index (χ4n) is 11.0. The summed E-state index contributed by atoms with van der Waals surface area (Å²) < 4.78 is 7.66. The second-order valence-electron chi connectivity index (χ2n) is 18.5. The van der Waals surface area contributed by atoms with E-state index in [4.69, 9.17) is 4.74 Å². The van der Waals surface area contributed by atoms with Gasteiger partial charge in [0.05, 0.1) is 11.2 Å². The van der Waals surface area contributed by atoms with E-state index in [2.05, 4.69) is 96.9 Å². The minimum Gasteiger partial charge on any atom is -0.369 e. The SMILES string of the molecule is CC(C)(C)CC(C)(C)C(C1CCCCC1)C(C)(C)OC(C)(C)C(C1CCCCC1)C(C)(C)CC(C)(C)C. The van der Waals surface area contributed by atoms with E-state index >= 15 is 0 Å². The van der Waals surface area contributed by atoms with Gasteiger partial charge in [-0.05, 0) is 85.9 Å². The van der Waals surface area contributed by atoms with Crippen LogP contribution in [0.15, 0.2) is 0 Å². The van der Waals surface area contributed by atoms with Gasteiger partial charge in [-0.25, -0.2) is 0 Å². The molecule has 0 aliphatic heterocycles. The Labute approximate surface area is 235 Å². The molecule has 1 nitrogen and oxygen atoms in total. The van der Waals surface area contributed by atoms with Crippen LogP contribution in [-0.2, 0) is 4.74 Å². The Morgan fingerprint density at radius 3 is 0.973 bits per heavy atom. The summed E-state index contributed by atoms with van der Waals surface area (Å²) in [6.07, 6.45) is 16.4. The van der Waals surface area contributed by atoms with Gasteiger partial charge in [0.25, 0.3) is 0 Å². The molecule has 2 atom stereocenters. The van der Waals surface area contributed by atoms with Crippen LogP contribution in [0.5, 0.6) is 0 Å². The van der Waals surface area contributed by atoms with Gasteiger partial charge in [0, 0.05) is 0 Å². The van der Waals surface area contributed by atoms with Gasteiger partial charge in [-0.1, -0.05) is 133 Å². The van der Waals surface area contributed by atoms with Crippen LogP contribution in [0.3, 0.4) is 0 Å². The van der Waals surface area contributed by atoms with Gasteiger partial charge in [-0.3, -0.25) is 0 Å². The maximum absolute atomic E-state index is 7.66. The first-order chi connectivity index (χ1) is 16.6. The van der Waals surface area contributed by atoms with Crippen molar-refractivity contribution in [1.82, 2.24) is 0 Å². The average Bonchev–Trinajstić information content (AvgIpc) is 2.63. The van der Waals surface area contributed by atoms with E-state index in [9.17, 15) is 0 Å². The quantitative estimate of drug-likeness (QED) is 0.279. The first-order valence-electron chi connectivity index (χ1n) is 16.3. The topological polar surface area (TPSA) is 9.23 Å². The molecule has 0 radical (unpaired) electrons. The van der Waals surface area contributed by atoms with Crippen LogP contribution in [-0.4, -0.2) is 11.2 Å². The summed E-state index contributed by atoms with van der Waals surface area (Å²) in [7, 11) is 0. The summed E-state index contributed by atoms with van der Waals surface area (Å²) in [5.74, 6) is 2.67. The molecule has 1 heteroatoms. The van der Waals surface area contributed by atoms with Crippen LogP contribution in [0.2, 0.25) is 0 Å². The highest BCUT2D eigenvalue weighted by Crippen LogP contribution is 2.56. The zero-order valence-corrected chi connectivity index (χ0v) is 28.2. The molecule has 0 heterocycles. The van der Waals surface area contributed by atoms with Gasteiger partial charge in [0.15, 0.2) is 0 Å². The molecule has 220 valence electrons. The monoisotopic (exact) mass is 519 g/mol. The molecule has 2 aliphatic rings. The van der Waals surface area contributed by atoms with E-state index < -0.39 is 0 Å².